The first-order valence-electron chi connectivity index (χ1n) is 9.60. The number of likely N-dealkylation sites (tertiary alicyclic amines) is 1. The second-order valence-electron chi connectivity index (χ2n) is 7.39. The second-order valence-corrected chi connectivity index (χ2v) is 7.39. The Morgan fingerprint density at radius 2 is 1.58 bits per heavy atom. The highest BCUT2D eigenvalue weighted by molar-refractivity contribution is 5.79. The first-order chi connectivity index (χ1) is 11.7. The average Bonchev–Trinajstić information content (AvgIpc) is 2.65. The fourth-order valence-electron chi connectivity index (χ4n) is 4.02. The molecule has 24 heavy (non-hydrogen) atoms. The minimum atomic E-state index is 0.211. The highest BCUT2D eigenvalue weighted by atomic mass is 16.5. The van der Waals surface area contributed by atoms with Crippen LogP contribution in [0.3, 0.4) is 0 Å². The first-order valence-corrected chi connectivity index (χ1v) is 9.60. The fourth-order valence-corrected chi connectivity index (χ4v) is 4.02. The zero-order valence-electron chi connectivity index (χ0n) is 14.7. The Hall–Kier alpha value is -1.14. The summed E-state index contributed by atoms with van der Waals surface area (Å²) in [5, 5.41) is 3.25. The highest BCUT2D eigenvalue weighted by Crippen LogP contribution is 2.24. The van der Waals surface area contributed by atoms with Gasteiger partial charge in [0.05, 0.1) is 19.8 Å². The molecular weight excluding hydrogens is 306 g/mol. The van der Waals surface area contributed by atoms with Crippen molar-refractivity contribution in [1.29, 1.82) is 0 Å². The third-order valence-electron chi connectivity index (χ3n) is 5.63. The summed E-state index contributed by atoms with van der Waals surface area (Å²) in [5.41, 5.74) is 0. The van der Waals surface area contributed by atoms with E-state index in [1.54, 1.807) is 0 Å². The van der Waals surface area contributed by atoms with E-state index in [4.69, 9.17) is 4.74 Å². The number of piperidine rings is 1. The van der Waals surface area contributed by atoms with Crippen LogP contribution in [-0.4, -0.2) is 73.6 Å². The van der Waals surface area contributed by atoms with Crippen LogP contribution in [-0.2, 0) is 14.3 Å². The molecule has 0 aromatic rings. The largest absolute Gasteiger partial charge is 0.378 e. The Kier molecular flexibility index (Phi) is 6.49. The van der Waals surface area contributed by atoms with E-state index in [9.17, 15) is 9.59 Å². The zero-order chi connectivity index (χ0) is 16.8. The number of rotatable bonds is 4. The number of ether oxygens (including phenoxy) is 1. The molecule has 2 aliphatic heterocycles. The Morgan fingerprint density at radius 1 is 0.917 bits per heavy atom. The molecule has 0 unspecified atom stereocenters. The molecule has 0 aromatic carbocycles. The van der Waals surface area contributed by atoms with Gasteiger partial charge in [-0.3, -0.25) is 14.5 Å². The maximum absolute atomic E-state index is 12.3. The maximum atomic E-state index is 12.3. The van der Waals surface area contributed by atoms with Crippen molar-refractivity contribution in [2.45, 2.75) is 51.0 Å². The lowest BCUT2D eigenvalue weighted by atomic mass is 9.88. The molecule has 0 spiro atoms. The number of nitrogens with one attached hydrogen (secondary N) is 1. The van der Waals surface area contributed by atoms with E-state index in [0.717, 1.165) is 38.8 Å². The minimum absolute atomic E-state index is 0.211. The predicted molar refractivity (Wildman–Crippen MR) is 91.6 cm³/mol. The normalized spacial score (nSPS) is 24.8. The Bertz CT molecular complexity index is 383. The molecule has 136 valence electrons. The summed E-state index contributed by atoms with van der Waals surface area (Å²) in [6, 6.07) is 0.286. The van der Waals surface area contributed by atoms with Crippen molar-refractivity contribution in [2.24, 2.45) is 5.92 Å². The zero-order valence-corrected chi connectivity index (χ0v) is 14.7. The molecule has 3 rings (SSSR count). The van der Waals surface area contributed by atoms with Crippen molar-refractivity contribution in [3.63, 3.8) is 0 Å². The van der Waals surface area contributed by atoms with Crippen molar-refractivity contribution in [3.8, 4) is 0 Å². The van der Waals surface area contributed by atoms with Crippen molar-refractivity contribution in [2.75, 3.05) is 45.9 Å². The van der Waals surface area contributed by atoms with Crippen LogP contribution in [0.1, 0.15) is 44.9 Å². The summed E-state index contributed by atoms with van der Waals surface area (Å²) >= 11 is 0. The molecule has 0 aromatic heterocycles. The Morgan fingerprint density at radius 3 is 2.25 bits per heavy atom. The van der Waals surface area contributed by atoms with E-state index in [-0.39, 0.29) is 23.8 Å². The van der Waals surface area contributed by atoms with Gasteiger partial charge in [0.15, 0.2) is 0 Å². The molecule has 1 N–H and O–H groups in total. The van der Waals surface area contributed by atoms with Gasteiger partial charge in [0, 0.05) is 38.1 Å². The highest BCUT2D eigenvalue weighted by Gasteiger charge is 2.27. The number of morpholine rings is 1. The van der Waals surface area contributed by atoms with Gasteiger partial charge in [-0.15, -0.1) is 0 Å². The lowest BCUT2D eigenvalue weighted by Crippen LogP contribution is -2.50. The molecule has 1 saturated carbocycles. The molecule has 6 nitrogen and oxygen atoms in total. The quantitative estimate of drug-likeness (QED) is 0.832. The van der Waals surface area contributed by atoms with Gasteiger partial charge >= 0.3 is 0 Å². The summed E-state index contributed by atoms with van der Waals surface area (Å²) in [4.78, 5) is 28.8. The van der Waals surface area contributed by atoms with Crippen LogP contribution >= 0.6 is 0 Å². The molecule has 3 fully saturated rings. The SMILES string of the molecule is O=C(NC1CCN(CC(=O)N2CCOCC2)CC1)C1CCCCC1. The van der Waals surface area contributed by atoms with Crippen LogP contribution in [0.4, 0.5) is 0 Å². The van der Waals surface area contributed by atoms with Crippen LogP contribution in [0.25, 0.3) is 0 Å². The molecule has 6 heteroatoms. The van der Waals surface area contributed by atoms with Crippen LogP contribution in [0.2, 0.25) is 0 Å². The monoisotopic (exact) mass is 337 g/mol. The minimum Gasteiger partial charge on any atom is -0.378 e. The topological polar surface area (TPSA) is 61.9 Å². The van der Waals surface area contributed by atoms with E-state index >= 15 is 0 Å². The molecule has 2 heterocycles. The molecule has 1 aliphatic carbocycles. The number of nitrogens with zero attached hydrogens (tertiary/aromatic N) is 2. The number of carbonyl (C=O) groups excluding carboxylic acids is 2. The molecule has 0 bridgehead atoms. The summed E-state index contributed by atoms with van der Waals surface area (Å²) in [6.45, 7) is 5.03. The van der Waals surface area contributed by atoms with Crippen LogP contribution in [0.15, 0.2) is 0 Å². The van der Waals surface area contributed by atoms with Crippen molar-refractivity contribution in [1.82, 2.24) is 15.1 Å². The third kappa shape index (κ3) is 4.93. The van der Waals surface area contributed by atoms with Crippen LogP contribution in [0, 0.1) is 5.92 Å². The van der Waals surface area contributed by atoms with Gasteiger partial charge in [-0.05, 0) is 25.7 Å². The van der Waals surface area contributed by atoms with Crippen LogP contribution < -0.4 is 5.32 Å². The van der Waals surface area contributed by atoms with Crippen LogP contribution in [0.5, 0.6) is 0 Å². The van der Waals surface area contributed by atoms with Crippen molar-refractivity contribution >= 4 is 11.8 Å². The predicted octanol–water partition coefficient (Wildman–Crippen LogP) is 1.01. The van der Waals surface area contributed by atoms with Gasteiger partial charge in [-0.1, -0.05) is 19.3 Å². The number of carbonyl (C=O) groups is 2. The van der Waals surface area contributed by atoms with Gasteiger partial charge in [0.1, 0.15) is 0 Å². The average molecular weight is 337 g/mol. The summed E-state index contributed by atoms with van der Waals surface area (Å²) in [7, 11) is 0. The Labute approximate surface area is 144 Å². The molecular formula is C18H31N3O3. The van der Waals surface area contributed by atoms with Crippen molar-refractivity contribution < 1.29 is 14.3 Å². The third-order valence-corrected chi connectivity index (χ3v) is 5.63. The molecule has 2 saturated heterocycles. The molecule has 3 aliphatic rings. The van der Waals surface area contributed by atoms with Gasteiger partial charge in [-0.2, -0.15) is 0 Å². The number of amides is 2. The van der Waals surface area contributed by atoms with Gasteiger partial charge in [0.25, 0.3) is 0 Å². The van der Waals surface area contributed by atoms with E-state index in [2.05, 4.69) is 10.2 Å². The smallest absolute Gasteiger partial charge is 0.236 e. The lowest BCUT2D eigenvalue weighted by molar-refractivity contribution is -0.137. The number of hydrogen-bond acceptors (Lipinski definition) is 4. The molecule has 0 atom stereocenters. The van der Waals surface area contributed by atoms with E-state index < -0.39 is 0 Å². The Balaban J connectivity index is 1.36. The summed E-state index contributed by atoms with van der Waals surface area (Å²) in [6.07, 6.45) is 7.68. The molecule has 2 amide bonds. The first kappa shape index (κ1) is 17.7. The van der Waals surface area contributed by atoms with Crippen molar-refractivity contribution in [3.05, 3.63) is 0 Å². The molecule has 0 radical (unpaired) electrons. The van der Waals surface area contributed by atoms with Gasteiger partial charge in [-0.25, -0.2) is 0 Å². The summed E-state index contributed by atoms with van der Waals surface area (Å²) < 4.78 is 5.29. The lowest BCUT2D eigenvalue weighted by Gasteiger charge is -2.35. The second kappa shape index (κ2) is 8.81. The summed E-state index contributed by atoms with van der Waals surface area (Å²) in [5.74, 6) is 0.709. The fraction of sp³-hybridized carbons (Fsp3) is 0.889. The van der Waals surface area contributed by atoms with E-state index in [0.29, 0.717) is 32.8 Å². The van der Waals surface area contributed by atoms with E-state index in [1.807, 2.05) is 4.90 Å². The van der Waals surface area contributed by atoms with Gasteiger partial charge in [0.2, 0.25) is 11.8 Å². The van der Waals surface area contributed by atoms with E-state index in [1.165, 1.54) is 19.3 Å². The number of hydrogen-bond donors (Lipinski definition) is 1. The standard InChI is InChI=1S/C18H31N3O3/c22-17(21-10-12-24-13-11-21)14-20-8-6-16(7-9-20)19-18(23)15-4-2-1-3-5-15/h15-16H,1-14H2,(H,19,23). The van der Waals surface area contributed by atoms with Gasteiger partial charge < -0.3 is 15.0 Å². The maximum Gasteiger partial charge on any atom is 0.236 e.